The minimum Gasteiger partial charge on any atom is -0.373 e. The molecule has 6 heteroatoms. The maximum atomic E-state index is 11.8. The fraction of sp³-hybridized carbons (Fsp3) is 0.840. The maximum Gasteiger partial charge on any atom is 0.362 e. The van der Waals surface area contributed by atoms with E-state index < -0.39 is 12.9 Å². The molecule has 0 aromatic heterocycles. The van der Waals surface area contributed by atoms with Gasteiger partial charge in [-0.2, -0.15) is 0 Å². The highest BCUT2D eigenvalue weighted by atomic mass is 31.2. The topological polar surface area (TPSA) is 77.8 Å². The number of nitrogens with zero attached hydrogens (tertiary/aromatic N) is 1. The van der Waals surface area contributed by atoms with Crippen molar-refractivity contribution < 1.29 is 23.9 Å². The average Bonchev–Trinajstić information content (AvgIpc) is 2.65. The minimum atomic E-state index is -4.56. The predicted molar refractivity (Wildman–Crippen MR) is 133 cm³/mol. The first-order valence-electron chi connectivity index (χ1n) is 12.4. The van der Waals surface area contributed by atoms with E-state index in [1.54, 1.807) is 0 Å². The highest BCUT2D eigenvalue weighted by molar-refractivity contribution is 7.53. The van der Waals surface area contributed by atoms with Gasteiger partial charge < -0.3 is 19.4 Å². The lowest BCUT2D eigenvalue weighted by molar-refractivity contribution is -0.875. The molecule has 0 aliphatic carbocycles. The summed E-state index contributed by atoms with van der Waals surface area (Å²) in [5.74, 6) is 0. The third kappa shape index (κ3) is 17.7. The van der Waals surface area contributed by atoms with E-state index in [0.717, 1.165) is 19.3 Å². The highest BCUT2D eigenvalue weighted by Crippen LogP contribution is 2.52. The van der Waals surface area contributed by atoms with Crippen LogP contribution < -0.4 is 0 Å². The first kappa shape index (κ1) is 30.6. The molecular weight excluding hydrogens is 409 g/mol. The first-order chi connectivity index (χ1) is 14.5. The van der Waals surface area contributed by atoms with Gasteiger partial charge in [0, 0.05) is 0 Å². The molecule has 0 rings (SSSR count). The largest absolute Gasteiger partial charge is 0.373 e. The first-order valence-corrected chi connectivity index (χ1v) is 14.0. The molecule has 0 saturated heterocycles. The van der Waals surface area contributed by atoms with Crippen molar-refractivity contribution in [1.29, 1.82) is 0 Å². The molecule has 0 bridgehead atoms. The Morgan fingerprint density at radius 2 is 1.10 bits per heavy atom. The molecule has 0 spiro atoms. The van der Waals surface area contributed by atoms with Crippen LogP contribution >= 0.6 is 7.60 Å². The molecule has 0 saturated carbocycles. The number of likely N-dealkylation sites (N-methyl/N-ethyl adjacent to an activating group) is 1. The van der Waals surface area contributed by atoms with E-state index in [2.05, 4.69) is 31.2 Å². The smallest absolute Gasteiger partial charge is 0.362 e. The van der Waals surface area contributed by atoms with Crippen LogP contribution in [0.25, 0.3) is 0 Å². The van der Waals surface area contributed by atoms with Crippen LogP contribution in [-0.2, 0) is 4.57 Å². The number of unbranched alkanes of at least 4 members (excludes halogenated alkanes) is 11. The van der Waals surface area contributed by atoms with Gasteiger partial charge in [-0.05, 0) is 57.8 Å². The van der Waals surface area contributed by atoms with Crippen molar-refractivity contribution in [3.8, 4) is 0 Å². The van der Waals surface area contributed by atoms with Gasteiger partial charge in [0.2, 0.25) is 5.34 Å². The molecule has 5 nitrogen and oxygen atoms in total. The summed E-state index contributed by atoms with van der Waals surface area (Å²) in [5, 5.41) is 8.59. The van der Waals surface area contributed by atoms with Gasteiger partial charge in [0.15, 0.2) is 0 Å². The molecule has 0 amide bonds. The monoisotopic (exact) mass is 460 g/mol. The van der Waals surface area contributed by atoms with Crippen molar-refractivity contribution in [3.63, 3.8) is 0 Å². The molecule has 1 atom stereocenters. The Kier molecular flexibility index (Phi) is 16.8. The molecule has 0 fully saturated rings. The summed E-state index contributed by atoms with van der Waals surface area (Å²) in [6, 6.07) is 0. The normalized spacial score (nSPS) is 15.2. The van der Waals surface area contributed by atoms with Crippen molar-refractivity contribution in [2.75, 3.05) is 27.7 Å². The van der Waals surface area contributed by atoms with Crippen LogP contribution in [0.15, 0.2) is 24.3 Å². The second-order valence-electron chi connectivity index (χ2n) is 10.0. The van der Waals surface area contributed by atoms with Crippen molar-refractivity contribution in [1.82, 2.24) is 0 Å². The summed E-state index contributed by atoms with van der Waals surface area (Å²) in [4.78, 5) is 19.2. The third-order valence-corrected chi connectivity index (χ3v) is 6.97. The van der Waals surface area contributed by atoms with Crippen molar-refractivity contribution in [2.45, 2.75) is 109 Å². The second kappa shape index (κ2) is 17.1. The van der Waals surface area contributed by atoms with Gasteiger partial charge in [-0.15, -0.1) is 0 Å². The maximum absolute atomic E-state index is 11.8. The molecule has 0 aliphatic rings. The van der Waals surface area contributed by atoms with Crippen LogP contribution in [0.3, 0.4) is 0 Å². The quantitative estimate of drug-likeness (QED) is 0.0834. The Labute approximate surface area is 192 Å². The molecular formula is C25H51NO4P+. The van der Waals surface area contributed by atoms with E-state index in [4.69, 9.17) is 0 Å². The zero-order chi connectivity index (χ0) is 23.6. The van der Waals surface area contributed by atoms with Crippen LogP contribution in [0.2, 0.25) is 0 Å². The molecule has 184 valence electrons. The van der Waals surface area contributed by atoms with E-state index >= 15 is 0 Å². The molecule has 1 unspecified atom stereocenters. The van der Waals surface area contributed by atoms with E-state index in [-0.39, 0.29) is 13.0 Å². The zero-order valence-electron chi connectivity index (χ0n) is 20.8. The minimum absolute atomic E-state index is 0.0444. The van der Waals surface area contributed by atoms with Crippen LogP contribution in [0.1, 0.15) is 103 Å². The Morgan fingerprint density at radius 3 is 1.48 bits per heavy atom. The second-order valence-corrected chi connectivity index (χ2v) is 11.9. The number of rotatable bonds is 20. The van der Waals surface area contributed by atoms with Crippen molar-refractivity contribution in [2.24, 2.45) is 0 Å². The van der Waals surface area contributed by atoms with Crippen LogP contribution in [0.4, 0.5) is 0 Å². The van der Waals surface area contributed by atoms with Gasteiger partial charge in [-0.25, -0.2) is 0 Å². The van der Waals surface area contributed by atoms with E-state index in [0.29, 0.717) is 10.9 Å². The summed E-state index contributed by atoms with van der Waals surface area (Å²) < 4.78 is 12.1. The summed E-state index contributed by atoms with van der Waals surface area (Å²) >= 11 is 0. The molecule has 3 N–H and O–H groups in total. The molecule has 0 aromatic carbocycles. The lowest BCUT2D eigenvalue weighted by Gasteiger charge is -2.35. The fourth-order valence-corrected chi connectivity index (χ4v) is 4.83. The number of hydrogen-bond acceptors (Lipinski definition) is 2. The van der Waals surface area contributed by atoms with E-state index in [1.165, 1.54) is 64.2 Å². The molecule has 0 aromatic rings. The van der Waals surface area contributed by atoms with Crippen molar-refractivity contribution in [3.05, 3.63) is 24.3 Å². The summed E-state index contributed by atoms with van der Waals surface area (Å²) in [6.45, 7) is 2.28. The van der Waals surface area contributed by atoms with Gasteiger partial charge in [0.25, 0.3) is 0 Å². The zero-order valence-corrected chi connectivity index (χ0v) is 21.7. The van der Waals surface area contributed by atoms with Crippen LogP contribution in [-0.4, -0.2) is 52.4 Å². The van der Waals surface area contributed by atoms with E-state index in [9.17, 15) is 19.5 Å². The standard InChI is InChI=1S/C25H50NO4P/c1-5-6-7-8-9-10-11-12-13-14-15-16-17-18-19-20-21-22-23-25(27,31(28,29)30)24-26(2,3)4/h8-9,18-19,27H,5-7,10-17,20-24H2,1-4H3,(H-,28,29,30)/p+1/b9-8-,19-18-. The predicted octanol–water partition coefficient (Wildman–Crippen LogP) is 6.54. The molecule has 31 heavy (non-hydrogen) atoms. The molecule has 0 aliphatic heterocycles. The van der Waals surface area contributed by atoms with Gasteiger partial charge in [-0.1, -0.05) is 69.8 Å². The molecule has 0 radical (unpaired) electrons. The Bertz CT molecular complexity index is 536. The number of aliphatic hydroxyl groups is 1. The van der Waals surface area contributed by atoms with Crippen LogP contribution in [0, 0.1) is 0 Å². The van der Waals surface area contributed by atoms with Crippen LogP contribution in [0.5, 0.6) is 0 Å². The average molecular weight is 461 g/mol. The van der Waals surface area contributed by atoms with Gasteiger partial charge in [-0.3, -0.25) is 4.57 Å². The summed E-state index contributed by atoms with van der Waals surface area (Å²) in [7, 11) is 0.931. The lowest BCUT2D eigenvalue weighted by atomic mass is 10.1. The van der Waals surface area contributed by atoms with Crippen molar-refractivity contribution >= 4 is 7.60 Å². The van der Waals surface area contributed by atoms with Gasteiger partial charge in [0.05, 0.1) is 21.1 Å². The number of hydrogen-bond donors (Lipinski definition) is 3. The SMILES string of the molecule is CCCC/C=C\CCCCCCCC/C=C\CCCCC(O)(C[N+](C)(C)C)P(=O)(O)O. The molecule has 0 heterocycles. The van der Waals surface area contributed by atoms with Gasteiger partial charge in [0.1, 0.15) is 6.54 Å². The van der Waals surface area contributed by atoms with Gasteiger partial charge >= 0.3 is 7.60 Å². The fourth-order valence-electron chi connectivity index (χ4n) is 3.77. The summed E-state index contributed by atoms with van der Waals surface area (Å²) in [6.07, 6.45) is 25.5. The third-order valence-electron chi connectivity index (χ3n) is 5.52. The number of allylic oxidation sites excluding steroid dienone is 4. The Balaban J connectivity index is 3.71. The van der Waals surface area contributed by atoms with E-state index in [1.807, 2.05) is 21.1 Å². The Morgan fingerprint density at radius 1 is 0.710 bits per heavy atom. The number of quaternary nitrogens is 1. The Hall–Kier alpha value is -0.450. The lowest BCUT2D eigenvalue weighted by Crippen LogP contribution is -2.49. The highest BCUT2D eigenvalue weighted by Gasteiger charge is 2.48. The summed E-state index contributed by atoms with van der Waals surface area (Å²) in [5.41, 5.74) is 0.